The summed E-state index contributed by atoms with van der Waals surface area (Å²) in [5.74, 6) is 0.152. The lowest BCUT2D eigenvalue weighted by Crippen LogP contribution is -2.01. The van der Waals surface area contributed by atoms with Crippen LogP contribution in [0.1, 0.15) is 35.2 Å². The second-order valence-electron chi connectivity index (χ2n) is 3.55. The number of hydrogen-bond acceptors (Lipinski definition) is 1. The molecule has 0 saturated heterocycles. The predicted octanol–water partition coefficient (Wildman–Crippen LogP) is 3.90. The molecule has 0 fully saturated rings. The molecule has 0 aromatic heterocycles. The van der Waals surface area contributed by atoms with E-state index in [0.717, 1.165) is 24.8 Å². The first kappa shape index (κ1) is 10.0. The minimum Gasteiger partial charge on any atom is -0.294 e. The zero-order valence-electron chi connectivity index (χ0n) is 7.65. The predicted molar refractivity (Wildman–Crippen MR) is 58.3 cm³/mol. The van der Waals surface area contributed by atoms with Crippen LogP contribution in [0.4, 0.5) is 0 Å². The van der Waals surface area contributed by atoms with E-state index in [1.807, 2.05) is 6.07 Å². The number of aryl methyl sites for hydroxylation is 1. The largest absolute Gasteiger partial charge is 0.294 e. The van der Waals surface area contributed by atoms with Gasteiger partial charge in [0.1, 0.15) is 0 Å². The van der Waals surface area contributed by atoms with Crippen LogP contribution in [0.15, 0.2) is 12.1 Å². The fraction of sp³-hybridized carbons (Fsp3) is 0.364. The van der Waals surface area contributed by atoms with Gasteiger partial charge in [0.25, 0.3) is 0 Å². The van der Waals surface area contributed by atoms with Crippen molar-refractivity contribution in [2.75, 3.05) is 0 Å². The van der Waals surface area contributed by atoms with Crippen LogP contribution in [0.5, 0.6) is 0 Å². The highest BCUT2D eigenvalue weighted by Gasteiger charge is 2.18. The van der Waals surface area contributed by atoms with Crippen molar-refractivity contribution in [1.29, 1.82) is 0 Å². The number of hydrogen-bond donors (Lipinski definition) is 0. The van der Waals surface area contributed by atoms with E-state index in [1.54, 1.807) is 6.07 Å². The van der Waals surface area contributed by atoms with Crippen LogP contribution in [0.25, 0.3) is 0 Å². The maximum absolute atomic E-state index is 11.7. The van der Waals surface area contributed by atoms with Crippen molar-refractivity contribution in [3.05, 3.63) is 33.3 Å². The molecule has 0 bridgehead atoms. The van der Waals surface area contributed by atoms with E-state index in [4.69, 9.17) is 23.2 Å². The van der Waals surface area contributed by atoms with Crippen molar-refractivity contribution >= 4 is 29.0 Å². The molecule has 1 nitrogen and oxygen atoms in total. The highest BCUT2D eigenvalue weighted by Crippen LogP contribution is 2.30. The molecule has 1 aliphatic carbocycles. The van der Waals surface area contributed by atoms with Gasteiger partial charge >= 0.3 is 0 Å². The third-order valence-corrected chi connectivity index (χ3v) is 3.03. The molecule has 1 aromatic carbocycles. The van der Waals surface area contributed by atoms with Gasteiger partial charge in [0.15, 0.2) is 5.78 Å². The van der Waals surface area contributed by atoms with Crippen molar-refractivity contribution in [1.82, 2.24) is 0 Å². The monoisotopic (exact) mass is 228 g/mol. The molecule has 14 heavy (non-hydrogen) atoms. The SMILES string of the molecule is O=C1CCCCc2cc(Cl)cc(Cl)c21. The quantitative estimate of drug-likeness (QED) is 0.616. The first-order valence-corrected chi connectivity index (χ1v) is 5.45. The maximum atomic E-state index is 11.7. The van der Waals surface area contributed by atoms with E-state index >= 15 is 0 Å². The third-order valence-electron chi connectivity index (χ3n) is 2.52. The van der Waals surface area contributed by atoms with E-state index in [1.165, 1.54) is 0 Å². The zero-order valence-corrected chi connectivity index (χ0v) is 9.16. The van der Waals surface area contributed by atoms with E-state index in [9.17, 15) is 4.79 Å². The topological polar surface area (TPSA) is 17.1 Å². The lowest BCUT2D eigenvalue weighted by atomic mass is 10.0. The van der Waals surface area contributed by atoms with Gasteiger partial charge in [-0.15, -0.1) is 0 Å². The van der Waals surface area contributed by atoms with Crippen molar-refractivity contribution < 1.29 is 4.79 Å². The number of fused-ring (bicyclic) bond motifs is 1. The smallest absolute Gasteiger partial charge is 0.164 e. The molecule has 3 heteroatoms. The Morgan fingerprint density at radius 3 is 2.57 bits per heavy atom. The van der Waals surface area contributed by atoms with Gasteiger partial charge in [0, 0.05) is 17.0 Å². The molecule has 1 aromatic rings. The Bertz CT molecular complexity index is 385. The fourth-order valence-corrected chi connectivity index (χ4v) is 2.50. The van der Waals surface area contributed by atoms with E-state index in [0.29, 0.717) is 22.0 Å². The Hall–Kier alpha value is -0.530. The summed E-state index contributed by atoms with van der Waals surface area (Å²) in [6.45, 7) is 0. The van der Waals surface area contributed by atoms with Gasteiger partial charge in [-0.25, -0.2) is 0 Å². The molecule has 0 atom stereocenters. The second-order valence-corrected chi connectivity index (χ2v) is 4.40. The van der Waals surface area contributed by atoms with Crippen LogP contribution in [-0.2, 0) is 6.42 Å². The van der Waals surface area contributed by atoms with Crippen LogP contribution >= 0.6 is 23.2 Å². The molecule has 1 aliphatic rings. The van der Waals surface area contributed by atoms with Crippen LogP contribution in [0.2, 0.25) is 10.0 Å². The summed E-state index contributed by atoms with van der Waals surface area (Å²) in [6.07, 6.45) is 3.49. The van der Waals surface area contributed by atoms with Gasteiger partial charge < -0.3 is 0 Å². The summed E-state index contributed by atoms with van der Waals surface area (Å²) < 4.78 is 0. The first-order valence-electron chi connectivity index (χ1n) is 4.69. The average Bonchev–Trinajstić information content (AvgIpc) is 2.27. The number of carbonyl (C=O) groups is 1. The lowest BCUT2D eigenvalue weighted by molar-refractivity contribution is 0.0982. The van der Waals surface area contributed by atoms with Crippen LogP contribution in [-0.4, -0.2) is 5.78 Å². The van der Waals surface area contributed by atoms with Gasteiger partial charge in [-0.3, -0.25) is 4.79 Å². The lowest BCUT2D eigenvalue weighted by Gasteiger charge is -2.07. The molecular formula is C11H10Cl2O. The third kappa shape index (κ3) is 1.79. The Morgan fingerprint density at radius 2 is 1.79 bits per heavy atom. The van der Waals surface area contributed by atoms with Crippen LogP contribution in [0.3, 0.4) is 0 Å². The number of rotatable bonds is 0. The molecule has 0 heterocycles. The summed E-state index contributed by atoms with van der Waals surface area (Å²) in [5, 5.41) is 1.11. The standard InChI is InChI=1S/C11H10Cl2O/c12-8-5-7-3-1-2-4-10(14)11(7)9(13)6-8/h5-6H,1-4H2. The maximum Gasteiger partial charge on any atom is 0.164 e. The number of Topliss-reactive ketones (excluding diaryl/α,β-unsaturated/α-hetero) is 1. The Balaban J connectivity index is 2.58. The Morgan fingerprint density at radius 1 is 1.07 bits per heavy atom. The van der Waals surface area contributed by atoms with Gasteiger partial charge in [-0.2, -0.15) is 0 Å². The van der Waals surface area contributed by atoms with E-state index in [2.05, 4.69) is 0 Å². The number of carbonyl (C=O) groups excluding carboxylic acids is 1. The van der Waals surface area contributed by atoms with Crippen molar-refractivity contribution in [3.8, 4) is 0 Å². The fourth-order valence-electron chi connectivity index (χ4n) is 1.86. The summed E-state index contributed by atoms with van der Waals surface area (Å²) in [4.78, 5) is 11.7. The second kappa shape index (κ2) is 3.92. The molecule has 0 spiro atoms. The average molecular weight is 229 g/mol. The minimum absolute atomic E-state index is 0.152. The molecular weight excluding hydrogens is 219 g/mol. The molecule has 0 saturated carbocycles. The van der Waals surface area contributed by atoms with Crippen LogP contribution < -0.4 is 0 Å². The molecule has 0 unspecified atom stereocenters. The number of halogens is 2. The van der Waals surface area contributed by atoms with Crippen molar-refractivity contribution in [2.45, 2.75) is 25.7 Å². The summed E-state index contributed by atoms with van der Waals surface area (Å²) in [7, 11) is 0. The zero-order chi connectivity index (χ0) is 10.1. The summed E-state index contributed by atoms with van der Waals surface area (Å²) in [5.41, 5.74) is 1.69. The molecule has 2 rings (SSSR count). The van der Waals surface area contributed by atoms with Gasteiger partial charge in [-0.1, -0.05) is 23.2 Å². The minimum atomic E-state index is 0.152. The normalized spacial score (nSPS) is 16.3. The van der Waals surface area contributed by atoms with E-state index in [-0.39, 0.29) is 5.78 Å². The Labute approximate surface area is 93.0 Å². The Kier molecular flexibility index (Phi) is 2.80. The number of benzene rings is 1. The van der Waals surface area contributed by atoms with Crippen LogP contribution in [0, 0.1) is 0 Å². The van der Waals surface area contributed by atoms with Gasteiger partial charge in [0.2, 0.25) is 0 Å². The molecule has 74 valence electrons. The summed E-state index contributed by atoms with van der Waals surface area (Å²) >= 11 is 11.9. The van der Waals surface area contributed by atoms with Crippen molar-refractivity contribution in [3.63, 3.8) is 0 Å². The highest BCUT2D eigenvalue weighted by atomic mass is 35.5. The molecule has 0 N–H and O–H groups in total. The number of ketones is 1. The first-order chi connectivity index (χ1) is 6.68. The molecule has 0 amide bonds. The van der Waals surface area contributed by atoms with Crippen molar-refractivity contribution in [2.24, 2.45) is 0 Å². The molecule has 0 aliphatic heterocycles. The van der Waals surface area contributed by atoms with Gasteiger partial charge in [0.05, 0.1) is 5.02 Å². The van der Waals surface area contributed by atoms with Gasteiger partial charge in [-0.05, 0) is 37.0 Å². The summed E-state index contributed by atoms with van der Waals surface area (Å²) in [6, 6.07) is 3.50. The van der Waals surface area contributed by atoms with E-state index < -0.39 is 0 Å². The highest BCUT2D eigenvalue weighted by molar-refractivity contribution is 6.37. The molecule has 0 radical (unpaired) electrons.